The molecule has 4 rings (SSSR count). The van der Waals surface area contributed by atoms with E-state index in [0.29, 0.717) is 35.3 Å². The maximum Gasteiger partial charge on any atom is 0.335 e. The minimum atomic E-state index is -1.21. The summed E-state index contributed by atoms with van der Waals surface area (Å²) in [7, 11) is 0. The standard InChI is InChI=1S/C23H19F2NO4/c24-20-7-6-18(29-13-17-4-3-15(23(27)28)9-21(17)25)10-19(20)16-5-8-22(26-11-16)30-12-14-1-2-14/h3-11,14H,1-2,12-13H2,(H,27,28). The van der Waals surface area contributed by atoms with Gasteiger partial charge in [-0.25, -0.2) is 18.6 Å². The Morgan fingerprint density at radius 3 is 2.53 bits per heavy atom. The van der Waals surface area contributed by atoms with Crippen LogP contribution in [0.25, 0.3) is 11.1 Å². The van der Waals surface area contributed by atoms with Crippen LogP contribution in [0.2, 0.25) is 0 Å². The first-order valence-electron chi connectivity index (χ1n) is 9.53. The van der Waals surface area contributed by atoms with Gasteiger partial charge in [0.05, 0.1) is 12.2 Å². The third-order valence-electron chi connectivity index (χ3n) is 4.84. The molecule has 0 aliphatic heterocycles. The van der Waals surface area contributed by atoms with Gasteiger partial charge in [-0.3, -0.25) is 0 Å². The van der Waals surface area contributed by atoms with E-state index in [1.165, 1.54) is 49.4 Å². The minimum absolute atomic E-state index is 0.122. The number of nitrogens with zero attached hydrogens (tertiary/aromatic N) is 1. The van der Waals surface area contributed by atoms with E-state index in [1.807, 2.05) is 0 Å². The highest BCUT2D eigenvalue weighted by atomic mass is 19.1. The number of ether oxygens (including phenoxy) is 2. The lowest BCUT2D eigenvalue weighted by Gasteiger charge is -2.11. The molecule has 30 heavy (non-hydrogen) atoms. The molecular formula is C23H19F2NO4. The SMILES string of the molecule is O=C(O)c1ccc(COc2ccc(F)c(-c3ccc(OCC4CC4)nc3)c2)c(F)c1. The molecule has 1 heterocycles. The Hall–Kier alpha value is -3.48. The second kappa shape index (κ2) is 8.49. The Morgan fingerprint density at radius 2 is 1.87 bits per heavy atom. The van der Waals surface area contributed by atoms with E-state index < -0.39 is 17.6 Å². The second-order valence-corrected chi connectivity index (χ2v) is 7.18. The number of carbonyl (C=O) groups is 1. The van der Waals surface area contributed by atoms with Gasteiger partial charge in [0.15, 0.2) is 0 Å². The van der Waals surface area contributed by atoms with Crippen LogP contribution in [-0.2, 0) is 6.61 Å². The lowest BCUT2D eigenvalue weighted by atomic mass is 10.1. The van der Waals surface area contributed by atoms with Gasteiger partial charge in [0, 0.05) is 29.0 Å². The number of carboxylic acids is 1. The average molecular weight is 411 g/mol. The lowest BCUT2D eigenvalue weighted by Crippen LogP contribution is -2.03. The fraction of sp³-hybridized carbons (Fsp3) is 0.217. The van der Waals surface area contributed by atoms with Crippen molar-refractivity contribution in [3.63, 3.8) is 0 Å². The maximum absolute atomic E-state index is 14.3. The summed E-state index contributed by atoms with van der Waals surface area (Å²) in [5.74, 6) is -0.859. The van der Waals surface area contributed by atoms with Crippen molar-refractivity contribution in [3.05, 3.63) is 77.5 Å². The molecule has 1 aliphatic rings. The summed E-state index contributed by atoms with van der Waals surface area (Å²) in [5, 5.41) is 8.90. The summed E-state index contributed by atoms with van der Waals surface area (Å²) >= 11 is 0. The molecule has 1 aromatic heterocycles. The van der Waals surface area contributed by atoms with Gasteiger partial charge in [-0.15, -0.1) is 0 Å². The molecule has 3 aromatic rings. The zero-order valence-corrected chi connectivity index (χ0v) is 16.0. The summed E-state index contributed by atoms with van der Waals surface area (Å²) in [6.45, 7) is 0.525. The number of rotatable bonds is 8. The van der Waals surface area contributed by atoms with Crippen LogP contribution in [0.5, 0.6) is 11.6 Å². The fourth-order valence-electron chi connectivity index (χ4n) is 2.89. The molecule has 0 saturated heterocycles. The van der Waals surface area contributed by atoms with Crippen LogP contribution >= 0.6 is 0 Å². The van der Waals surface area contributed by atoms with E-state index in [4.69, 9.17) is 14.6 Å². The first kappa shape index (κ1) is 19.8. The number of carboxylic acid groups (broad SMARTS) is 1. The Labute approximate surface area is 171 Å². The molecule has 7 heteroatoms. The van der Waals surface area contributed by atoms with E-state index >= 15 is 0 Å². The zero-order valence-electron chi connectivity index (χ0n) is 16.0. The second-order valence-electron chi connectivity index (χ2n) is 7.18. The summed E-state index contributed by atoms with van der Waals surface area (Å²) in [6, 6.07) is 11.3. The van der Waals surface area contributed by atoms with Gasteiger partial charge in [-0.2, -0.15) is 0 Å². The zero-order chi connectivity index (χ0) is 21.1. The Bertz CT molecular complexity index is 1070. The van der Waals surface area contributed by atoms with E-state index in [1.54, 1.807) is 12.1 Å². The van der Waals surface area contributed by atoms with Crippen molar-refractivity contribution in [1.29, 1.82) is 0 Å². The first-order chi connectivity index (χ1) is 14.5. The molecule has 154 valence electrons. The average Bonchev–Trinajstić information content (AvgIpc) is 3.57. The summed E-state index contributed by atoms with van der Waals surface area (Å²) in [6.07, 6.45) is 3.90. The number of pyridine rings is 1. The maximum atomic E-state index is 14.3. The lowest BCUT2D eigenvalue weighted by molar-refractivity contribution is 0.0696. The van der Waals surface area contributed by atoms with Crippen molar-refractivity contribution < 1.29 is 28.2 Å². The van der Waals surface area contributed by atoms with Crippen molar-refractivity contribution in [2.75, 3.05) is 6.61 Å². The molecule has 1 fully saturated rings. The molecule has 0 radical (unpaired) electrons. The Morgan fingerprint density at radius 1 is 1.03 bits per heavy atom. The Balaban J connectivity index is 1.45. The molecule has 0 spiro atoms. The van der Waals surface area contributed by atoms with E-state index in [0.717, 1.165) is 6.07 Å². The van der Waals surface area contributed by atoms with Gasteiger partial charge in [-0.1, -0.05) is 6.07 Å². The molecule has 0 atom stereocenters. The largest absolute Gasteiger partial charge is 0.489 e. The minimum Gasteiger partial charge on any atom is -0.489 e. The van der Waals surface area contributed by atoms with Crippen LogP contribution in [0.3, 0.4) is 0 Å². The number of aromatic carboxylic acids is 1. The van der Waals surface area contributed by atoms with Gasteiger partial charge in [0.1, 0.15) is 24.0 Å². The Kier molecular flexibility index (Phi) is 5.61. The third kappa shape index (κ3) is 4.74. The van der Waals surface area contributed by atoms with Crippen LogP contribution in [0.4, 0.5) is 8.78 Å². The number of aromatic nitrogens is 1. The summed E-state index contributed by atoms with van der Waals surface area (Å²) in [5.41, 5.74) is 0.922. The van der Waals surface area contributed by atoms with Gasteiger partial charge in [0.2, 0.25) is 5.88 Å². The van der Waals surface area contributed by atoms with Crippen molar-refractivity contribution in [2.45, 2.75) is 19.4 Å². The molecule has 0 bridgehead atoms. The number of hydrogen-bond donors (Lipinski definition) is 1. The summed E-state index contributed by atoms with van der Waals surface area (Å²) < 4.78 is 39.6. The molecular weight excluding hydrogens is 392 g/mol. The number of hydrogen-bond acceptors (Lipinski definition) is 4. The van der Waals surface area contributed by atoms with Crippen LogP contribution in [0.1, 0.15) is 28.8 Å². The predicted molar refractivity (Wildman–Crippen MR) is 106 cm³/mol. The first-order valence-corrected chi connectivity index (χ1v) is 9.53. The molecule has 1 N–H and O–H groups in total. The van der Waals surface area contributed by atoms with Crippen molar-refractivity contribution in [2.24, 2.45) is 5.92 Å². The number of halogens is 2. The molecule has 1 saturated carbocycles. The van der Waals surface area contributed by atoms with E-state index in [9.17, 15) is 13.6 Å². The smallest absolute Gasteiger partial charge is 0.335 e. The summed E-state index contributed by atoms with van der Waals surface area (Å²) in [4.78, 5) is 15.1. The van der Waals surface area contributed by atoms with Gasteiger partial charge in [-0.05, 0) is 55.2 Å². The number of benzene rings is 2. The topological polar surface area (TPSA) is 68.7 Å². The predicted octanol–water partition coefficient (Wildman–Crippen LogP) is 5.09. The third-order valence-corrected chi connectivity index (χ3v) is 4.84. The van der Waals surface area contributed by atoms with Crippen LogP contribution in [0, 0.1) is 17.6 Å². The van der Waals surface area contributed by atoms with Gasteiger partial charge >= 0.3 is 5.97 Å². The normalized spacial score (nSPS) is 13.1. The molecule has 0 unspecified atom stereocenters. The van der Waals surface area contributed by atoms with Gasteiger partial charge < -0.3 is 14.6 Å². The molecule has 2 aromatic carbocycles. The highest BCUT2D eigenvalue weighted by Crippen LogP contribution is 2.30. The molecule has 5 nitrogen and oxygen atoms in total. The van der Waals surface area contributed by atoms with E-state index in [2.05, 4.69) is 4.98 Å². The van der Waals surface area contributed by atoms with Gasteiger partial charge in [0.25, 0.3) is 0 Å². The fourth-order valence-corrected chi connectivity index (χ4v) is 2.89. The van der Waals surface area contributed by atoms with Crippen LogP contribution in [-0.4, -0.2) is 22.7 Å². The highest BCUT2D eigenvalue weighted by molar-refractivity contribution is 5.87. The van der Waals surface area contributed by atoms with Crippen molar-refractivity contribution in [1.82, 2.24) is 4.98 Å². The van der Waals surface area contributed by atoms with Crippen molar-refractivity contribution in [3.8, 4) is 22.8 Å². The van der Waals surface area contributed by atoms with Crippen molar-refractivity contribution >= 4 is 5.97 Å². The molecule has 1 aliphatic carbocycles. The van der Waals surface area contributed by atoms with Crippen LogP contribution < -0.4 is 9.47 Å². The molecule has 0 amide bonds. The monoisotopic (exact) mass is 411 g/mol. The van der Waals surface area contributed by atoms with E-state index in [-0.39, 0.29) is 17.7 Å². The van der Waals surface area contributed by atoms with Crippen LogP contribution in [0.15, 0.2) is 54.7 Å². The highest BCUT2D eigenvalue weighted by Gasteiger charge is 2.22. The quantitative estimate of drug-likeness (QED) is 0.559.